The number of benzene rings is 5. The van der Waals surface area contributed by atoms with Gasteiger partial charge in [0.2, 0.25) is 11.8 Å². The second-order valence-electron chi connectivity index (χ2n) is 16.1. The van der Waals surface area contributed by atoms with Crippen LogP contribution in [0.5, 0.6) is 11.5 Å². The monoisotopic (exact) mass is 847 g/mol. The first-order valence-corrected chi connectivity index (χ1v) is 19.9. The summed E-state index contributed by atoms with van der Waals surface area (Å²) in [4.78, 5) is 59.8. The summed E-state index contributed by atoms with van der Waals surface area (Å²) in [5.74, 6) is -8.88. The van der Waals surface area contributed by atoms with Gasteiger partial charge < -0.3 is 9.84 Å². The molecule has 5 aromatic rings. The third-order valence-corrected chi connectivity index (χ3v) is 12.8. The molecule has 314 valence electrons. The summed E-state index contributed by atoms with van der Waals surface area (Å²) in [6, 6.07) is 31.6. The van der Waals surface area contributed by atoms with Crippen molar-refractivity contribution >= 4 is 34.6 Å². The largest absolute Gasteiger partial charge is 0.508 e. The fraction of sp³-hybridized carbons (Fsp3) is 0.224. The summed E-state index contributed by atoms with van der Waals surface area (Å²) < 4.78 is 90.1. The molecule has 1 N–H and O–H groups in total. The second-order valence-corrected chi connectivity index (χ2v) is 16.1. The Balaban J connectivity index is 1.21. The van der Waals surface area contributed by atoms with Gasteiger partial charge in [-0.2, -0.15) is 26.3 Å². The molecular weight excluding hydrogens is 813 g/mol. The van der Waals surface area contributed by atoms with E-state index in [1.54, 1.807) is 78.9 Å². The number of allylic oxidation sites excluding steroid dienone is 4. The molecule has 0 spiro atoms. The number of halogens is 6. The lowest BCUT2D eigenvalue weighted by molar-refractivity contribution is -0.143. The molecular formula is C49H35F6NO6. The van der Waals surface area contributed by atoms with Crippen LogP contribution >= 0.6 is 0 Å². The molecule has 0 bridgehead atoms. The summed E-state index contributed by atoms with van der Waals surface area (Å²) in [6.45, 7) is 0.165. The van der Waals surface area contributed by atoms with Crippen LogP contribution in [-0.4, -0.2) is 28.5 Å². The van der Waals surface area contributed by atoms with E-state index < -0.39 is 87.6 Å². The van der Waals surface area contributed by atoms with Gasteiger partial charge in [0.15, 0.2) is 11.6 Å². The standard InChI is InChI=1S/C49H35F6NO6/c50-48(51,52)30-20-31(49(53,54)55)22-32(21-30)56-45(60)36-19-18-34-38(42(36)46(56)61)24-39-44(59)37(28-12-6-2-7-13-28)25-41(58)47(39,29-14-8-3-9-15-29)43(34)35-17-16-33(23-40(35)57)62-26-27-10-4-1-5-11-27/h1-18,20-23,25,36,38-39,42-43,57H,19,24,26H2/t36-,38+,39-,42-,43+,47-/m0/s1. The lowest BCUT2D eigenvalue weighted by Gasteiger charge is -2.55. The molecule has 0 unspecified atom stereocenters. The molecule has 5 aromatic carbocycles. The molecule has 62 heavy (non-hydrogen) atoms. The van der Waals surface area contributed by atoms with Crippen LogP contribution in [0.15, 0.2) is 145 Å². The quantitative estimate of drug-likeness (QED) is 0.0995. The number of carbonyl (C=O) groups is 4. The number of imide groups is 1. The number of phenols is 1. The molecule has 9 rings (SSSR count). The average molecular weight is 848 g/mol. The van der Waals surface area contributed by atoms with E-state index in [0.29, 0.717) is 33.7 Å². The highest BCUT2D eigenvalue weighted by Crippen LogP contribution is 2.64. The zero-order valence-electron chi connectivity index (χ0n) is 32.5. The number of ether oxygens (including phenoxy) is 1. The van der Waals surface area contributed by atoms with E-state index in [1.807, 2.05) is 30.3 Å². The van der Waals surface area contributed by atoms with Gasteiger partial charge in [0.1, 0.15) is 18.1 Å². The van der Waals surface area contributed by atoms with Crippen molar-refractivity contribution in [1.82, 2.24) is 0 Å². The summed E-state index contributed by atoms with van der Waals surface area (Å²) in [5, 5.41) is 12.0. The van der Waals surface area contributed by atoms with Crippen molar-refractivity contribution in [2.75, 3.05) is 4.90 Å². The van der Waals surface area contributed by atoms with E-state index in [2.05, 4.69) is 0 Å². The minimum Gasteiger partial charge on any atom is -0.508 e. The smallest absolute Gasteiger partial charge is 0.416 e. The van der Waals surface area contributed by atoms with E-state index >= 15 is 9.59 Å². The maximum absolute atomic E-state index is 15.3. The van der Waals surface area contributed by atoms with Gasteiger partial charge in [-0.15, -0.1) is 0 Å². The molecule has 7 nitrogen and oxygen atoms in total. The Hall–Kier alpha value is -6.76. The van der Waals surface area contributed by atoms with Gasteiger partial charge in [-0.1, -0.05) is 109 Å². The summed E-state index contributed by atoms with van der Waals surface area (Å²) in [6.07, 6.45) is -7.86. The fourth-order valence-corrected chi connectivity index (χ4v) is 10.1. The maximum Gasteiger partial charge on any atom is 0.416 e. The fourth-order valence-electron chi connectivity index (χ4n) is 10.1. The minimum absolute atomic E-state index is 0.0792. The number of phenolic OH excluding ortho intramolecular Hbond substituents is 1. The number of nitrogens with zero attached hydrogens (tertiary/aromatic N) is 1. The van der Waals surface area contributed by atoms with Crippen LogP contribution in [0.4, 0.5) is 32.0 Å². The number of alkyl halides is 6. The number of amides is 2. The van der Waals surface area contributed by atoms with Crippen LogP contribution in [0.1, 0.15) is 52.1 Å². The number of hydrogen-bond acceptors (Lipinski definition) is 6. The van der Waals surface area contributed by atoms with Crippen LogP contribution in [0.2, 0.25) is 0 Å². The number of anilines is 1. The van der Waals surface area contributed by atoms with Crippen molar-refractivity contribution in [2.24, 2.45) is 23.7 Å². The van der Waals surface area contributed by atoms with Crippen LogP contribution in [0, 0.1) is 23.7 Å². The van der Waals surface area contributed by atoms with Gasteiger partial charge in [0.25, 0.3) is 0 Å². The highest BCUT2D eigenvalue weighted by atomic mass is 19.4. The lowest BCUT2D eigenvalue weighted by Crippen LogP contribution is -2.58. The van der Waals surface area contributed by atoms with E-state index in [1.165, 1.54) is 12.1 Å². The Bertz CT molecular complexity index is 2660. The molecule has 1 aliphatic heterocycles. The van der Waals surface area contributed by atoms with Gasteiger partial charge in [-0.3, -0.25) is 19.2 Å². The van der Waals surface area contributed by atoms with Gasteiger partial charge in [-0.25, -0.2) is 4.90 Å². The minimum atomic E-state index is -5.25. The number of Topliss-reactive ketones (excluding diaryl/α,β-unsaturated/α-hetero) is 1. The number of carbonyl (C=O) groups excluding carboxylic acids is 4. The number of ketones is 2. The van der Waals surface area contributed by atoms with E-state index in [9.17, 15) is 41.0 Å². The SMILES string of the molecule is O=C1C(c2ccccc2)=CC(=O)[C@@]2(c3ccccc3)[C@@H](c3ccc(OCc4ccccc4)cc3O)C3=CC[C@@H]4C(=O)N(c5cc(C(F)(F)F)cc(C(F)(F)F)c5)C(=O)[C@@H]4[C@@H]3C[C@@H]12. The molecule has 4 aliphatic rings. The van der Waals surface area contributed by atoms with Crippen molar-refractivity contribution in [2.45, 2.75) is 43.1 Å². The first-order chi connectivity index (χ1) is 29.6. The molecule has 3 aliphatic carbocycles. The van der Waals surface area contributed by atoms with Crippen molar-refractivity contribution in [3.8, 4) is 11.5 Å². The van der Waals surface area contributed by atoms with Crippen molar-refractivity contribution in [3.63, 3.8) is 0 Å². The lowest BCUT2D eigenvalue weighted by atomic mass is 9.44. The predicted molar refractivity (Wildman–Crippen MR) is 214 cm³/mol. The molecule has 2 fully saturated rings. The molecule has 1 heterocycles. The van der Waals surface area contributed by atoms with Crippen molar-refractivity contribution in [3.05, 3.63) is 178 Å². The van der Waals surface area contributed by atoms with Crippen LogP contribution < -0.4 is 9.64 Å². The Morgan fingerprint density at radius 3 is 1.94 bits per heavy atom. The molecule has 2 amide bonds. The van der Waals surface area contributed by atoms with Crippen molar-refractivity contribution < 1.29 is 55.4 Å². The van der Waals surface area contributed by atoms with E-state index in [-0.39, 0.29) is 48.2 Å². The first-order valence-electron chi connectivity index (χ1n) is 19.9. The van der Waals surface area contributed by atoms with Gasteiger partial charge in [0.05, 0.1) is 34.1 Å². The Kier molecular flexibility index (Phi) is 9.83. The zero-order chi connectivity index (χ0) is 43.7. The maximum atomic E-state index is 15.3. The number of rotatable bonds is 7. The Labute approximate surface area is 350 Å². The topological polar surface area (TPSA) is 101 Å². The van der Waals surface area contributed by atoms with Gasteiger partial charge in [-0.05, 0) is 65.8 Å². The highest BCUT2D eigenvalue weighted by molar-refractivity contribution is 6.32. The van der Waals surface area contributed by atoms with Crippen LogP contribution in [0.3, 0.4) is 0 Å². The third kappa shape index (κ3) is 6.61. The molecule has 1 saturated carbocycles. The molecule has 1 saturated heterocycles. The van der Waals surface area contributed by atoms with Crippen LogP contribution in [-0.2, 0) is 43.6 Å². The number of hydrogen-bond donors (Lipinski definition) is 1. The second kappa shape index (κ2) is 15.0. The van der Waals surface area contributed by atoms with Crippen LogP contribution in [0.25, 0.3) is 5.57 Å². The van der Waals surface area contributed by atoms with E-state index in [0.717, 1.165) is 5.56 Å². The number of fused-ring (bicyclic) bond motifs is 4. The Morgan fingerprint density at radius 2 is 1.32 bits per heavy atom. The van der Waals surface area contributed by atoms with Gasteiger partial charge in [0, 0.05) is 29.0 Å². The van der Waals surface area contributed by atoms with E-state index in [4.69, 9.17) is 4.74 Å². The predicted octanol–water partition coefficient (Wildman–Crippen LogP) is 10.0. The molecule has 13 heteroatoms. The molecule has 0 aromatic heterocycles. The average Bonchev–Trinajstić information content (AvgIpc) is 3.52. The normalized spacial score (nSPS) is 24.8. The Morgan fingerprint density at radius 1 is 0.710 bits per heavy atom. The van der Waals surface area contributed by atoms with Crippen molar-refractivity contribution in [1.29, 1.82) is 0 Å². The summed E-state index contributed by atoms with van der Waals surface area (Å²) in [7, 11) is 0. The molecule has 0 radical (unpaired) electrons. The zero-order valence-corrected chi connectivity index (χ0v) is 32.5. The first kappa shape index (κ1) is 40.6. The third-order valence-electron chi connectivity index (χ3n) is 12.8. The summed E-state index contributed by atoms with van der Waals surface area (Å²) >= 11 is 0. The number of aromatic hydroxyl groups is 1. The highest BCUT2D eigenvalue weighted by Gasteiger charge is 2.66. The molecule has 6 atom stereocenters. The van der Waals surface area contributed by atoms with Gasteiger partial charge >= 0.3 is 12.4 Å². The summed E-state index contributed by atoms with van der Waals surface area (Å²) in [5.41, 5.74) is -3.48.